The molecule has 0 amide bonds. The average molecular weight is 207 g/mol. The summed E-state index contributed by atoms with van der Waals surface area (Å²) in [6, 6.07) is 4.15. The van der Waals surface area contributed by atoms with Crippen molar-refractivity contribution in [3.05, 3.63) is 42.2 Å². The number of ketones is 1. The normalized spacial score (nSPS) is 9.93. The van der Waals surface area contributed by atoms with Crippen LogP contribution >= 0.6 is 0 Å². The van der Waals surface area contributed by atoms with E-state index in [1.807, 2.05) is 0 Å². The summed E-state index contributed by atoms with van der Waals surface area (Å²) in [7, 11) is 0. The molecule has 2 N–H and O–H groups in total. The van der Waals surface area contributed by atoms with Crippen LogP contribution in [0.3, 0.4) is 0 Å². The van der Waals surface area contributed by atoms with Gasteiger partial charge in [0.1, 0.15) is 5.82 Å². The molecule has 0 aliphatic rings. The van der Waals surface area contributed by atoms with Crippen LogP contribution in [0.15, 0.2) is 30.9 Å². The Morgan fingerprint density at radius 1 is 1.53 bits per heavy atom. The second kappa shape index (κ2) is 5.29. The summed E-state index contributed by atoms with van der Waals surface area (Å²) in [5, 5.41) is 0. The molecular formula is C12H14FNO. The van der Waals surface area contributed by atoms with Gasteiger partial charge in [0, 0.05) is 12.0 Å². The predicted molar refractivity (Wildman–Crippen MR) is 59.2 cm³/mol. The number of allylic oxidation sites excluding steroid dienone is 1. The molecule has 3 heteroatoms. The molecule has 0 heterocycles. The van der Waals surface area contributed by atoms with E-state index < -0.39 is 5.82 Å². The Kier molecular flexibility index (Phi) is 4.03. The van der Waals surface area contributed by atoms with Crippen LogP contribution in [0.4, 0.5) is 10.1 Å². The first-order valence-corrected chi connectivity index (χ1v) is 4.84. The monoisotopic (exact) mass is 207 g/mol. The van der Waals surface area contributed by atoms with Crippen LogP contribution in [-0.4, -0.2) is 5.78 Å². The fourth-order valence-corrected chi connectivity index (χ4v) is 1.25. The Labute approximate surface area is 88.6 Å². The van der Waals surface area contributed by atoms with Gasteiger partial charge in [0.15, 0.2) is 5.78 Å². The third kappa shape index (κ3) is 3.20. The summed E-state index contributed by atoms with van der Waals surface area (Å²) in [6.45, 7) is 3.57. The van der Waals surface area contributed by atoms with Gasteiger partial charge in [0.2, 0.25) is 0 Å². The number of halogens is 1. The van der Waals surface area contributed by atoms with E-state index in [4.69, 9.17) is 5.73 Å². The lowest BCUT2D eigenvalue weighted by Gasteiger charge is -2.01. The van der Waals surface area contributed by atoms with Gasteiger partial charge in [-0.15, -0.1) is 6.58 Å². The van der Waals surface area contributed by atoms with Gasteiger partial charge >= 0.3 is 0 Å². The number of anilines is 1. The van der Waals surface area contributed by atoms with Gasteiger partial charge in [-0.1, -0.05) is 6.08 Å². The highest BCUT2D eigenvalue weighted by Gasteiger charge is 2.07. The number of nitrogens with two attached hydrogens (primary N) is 1. The minimum Gasteiger partial charge on any atom is -0.396 e. The van der Waals surface area contributed by atoms with Crippen molar-refractivity contribution in [3.63, 3.8) is 0 Å². The molecular weight excluding hydrogens is 193 g/mol. The summed E-state index contributed by atoms with van der Waals surface area (Å²) >= 11 is 0. The van der Waals surface area contributed by atoms with Gasteiger partial charge in [0.05, 0.1) is 5.69 Å². The number of rotatable bonds is 5. The smallest absolute Gasteiger partial charge is 0.162 e. The number of carbonyl (C=O) groups is 1. The van der Waals surface area contributed by atoms with Gasteiger partial charge in [-0.25, -0.2) is 4.39 Å². The number of Topliss-reactive ketones (excluding diaryl/α,β-unsaturated/α-hetero) is 1. The van der Waals surface area contributed by atoms with E-state index in [1.165, 1.54) is 12.1 Å². The highest BCUT2D eigenvalue weighted by molar-refractivity contribution is 5.96. The second-order valence-electron chi connectivity index (χ2n) is 3.34. The molecule has 1 aromatic carbocycles. The topological polar surface area (TPSA) is 43.1 Å². The lowest BCUT2D eigenvalue weighted by Crippen LogP contribution is -2.01. The first-order chi connectivity index (χ1) is 7.15. The molecule has 0 saturated heterocycles. The van der Waals surface area contributed by atoms with E-state index in [0.29, 0.717) is 12.0 Å². The van der Waals surface area contributed by atoms with E-state index in [1.54, 1.807) is 12.1 Å². The first-order valence-electron chi connectivity index (χ1n) is 4.84. The van der Waals surface area contributed by atoms with Crippen molar-refractivity contribution >= 4 is 11.5 Å². The zero-order valence-corrected chi connectivity index (χ0v) is 8.50. The third-order valence-electron chi connectivity index (χ3n) is 2.13. The van der Waals surface area contributed by atoms with Crippen LogP contribution in [0.2, 0.25) is 0 Å². The van der Waals surface area contributed by atoms with Gasteiger partial charge in [-0.2, -0.15) is 0 Å². The fraction of sp³-hybridized carbons (Fsp3) is 0.250. The molecule has 0 fully saturated rings. The Hall–Kier alpha value is -1.64. The van der Waals surface area contributed by atoms with Gasteiger partial charge < -0.3 is 5.73 Å². The Morgan fingerprint density at radius 2 is 2.27 bits per heavy atom. The third-order valence-corrected chi connectivity index (χ3v) is 2.13. The highest BCUT2D eigenvalue weighted by Crippen LogP contribution is 2.14. The SMILES string of the molecule is C=CCCCC(=O)c1ccc(N)c(F)c1. The van der Waals surface area contributed by atoms with Crippen molar-refractivity contribution in [2.45, 2.75) is 19.3 Å². The standard InChI is InChI=1S/C12H14FNO/c1-2-3-4-5-12(15)9-6-7-11(14)10(13)8-9/h2,6-8H,1,3-5,14H2. The first kappa shape index (κ1) is 11.4. The van der Waals surface area contributed by atoms with Crippen LogP contribution in [0, 0.1) is 5.82 Å². The molecule has 0 unspecified atom stereocenters. The van der Waals surface area contributed by atoms with Gasteiger partial charge in [-0.05, 0) is 31.0 Å². The maximum Gasteiger partial charge on any atom is 0.162 e. The quantitative estimate of drug-likeness (QED) is 0.349. The lowest BCUT2D eigenvalue weighted by atomic mass is 10.0. The van der Waals surface area contributed by atoms with Gasteiger partial charge in [0.25, 0.3) is 0 Å². The summed E-state index contributed by atoms with van der Waals surface area (Å²) in [6.07, 6.45) is 3.71. The number of hydrogen-bond donors (Lipinski definition) is 1. The minimum absolute atomic E-state index is 0.0595. The van der Waals surface area contributed by atoms with Crippen molar-refractivity contribution in [1.29, 1.82) is 0 Å². The van der Waals surface area contributed by atoms with Crippen LogP contribution in [0.25, 0.3) is 0 Å². The highest BCUT2D eigenvalue weighted by atomic mass is 19.1. The second-order valence-corrected chi connectivity index (χ2v) is 3.34. The molecule has 1 rings (SSSR count). The largest absolute Gasteiger partial charge is 0.396 e. The maximum atomic E-state index is 13.0. The molecule has 0 aromatic heterocycles. The van der Waals surface area contributed by atoms with Crippen molar-refractivity contribution < 1.29 is 9.18 Å². The van der Waals surface area contributed by atoms with Gasteiger partial charge in [-0.3, -0.25) is 4.79 Å². The van der Waals surface area contributed by atoms with E-state index in [2.05, 4.69) is 6.58 Å². The predicted octanol–water partition coefficient (Wildman–Crippen LogP) is 2.95. The lowest BCUT2D eigenvalue weighted by molar-refractivity contribution is 0.0980. The molecule has 0 spiro atoms. The van der Waals surface area contributed by atoms with E-state index >= 15 is 0 Å². The Balaban J connectivity index is 2.65. The summed E-state index contributed by atoms with van der Waals surface area (Å²) < 4.78 is 13.0. The molecule has 15 heavy (non-hydrogen) atoms. The minimum atomic E-state index is -0.537. The zero-order valence-electron chi connectivity index (χ0n) is 8.50. The Bertz CT molecular complexity index is 374. The number of benzene rings is 1. The summed E-state index contributed by atoms with van der Waals surface area (Å²) in [5.41, 5.74) is 5.76. The molecule has 80 valence electrons. The average Bonchev–Trinajstić information content (AvgIpc) is 2.22. The van der Waals surface area contributed by atoms with Crippen LogP contribution in [0.5, 0.6) is 0 Å². The van der Waals surface area contributed by atoms with Crippen LogP contribution < -0.4 is 5.73 Å². The van der Waals surface area contributed by atoms with Crippen molar-refractivity contribution in [2.75, 3.05) is 5.73 Å². The maximum absolute atomic E-state index is 13.0. The van der Waals surface area contributed by atoms with Crippen LogP contribution in [0.1, 0.15) is 29.6 Å². The van der Waals surface area contributed by atoms with E-state index in [9.17, 15) is 9.18 Å². The summed E-state index contributed by atoms with van der Waals surface area (Å²) in [5.74, 6) is -0.597. The molecule has 1 aromatic rings. The van der Waals surface area contributed by atoms with E-state index in [0.717, 1.165) is 12.8 Å². The molecule has 0 saturated carbocycles. The molecule has 0 aliphatic heterocycles. The van der Waals surface area contributed by atoms with Crippen molar-refractivity contribution in [2.24, 2.45) is 0 Å². The van der Waals surface area contributed by atoms with Crippen LogP contribution in [-0.2, 0) is 0 Å². The number of unbranched alkanes of at least 4 members (excludes halogenated alkanes) is 1. The molecule has 0 aliphatic carbocycles. The van der Waals surface area contributed by atoms with Crippen molar-refractivity contribution in [3.8, 4) is 0 Å². The molecule has 2 nitrogen and oxygen atoms in total. The fourth-order valence-electron chi connectivity index (χ4n) is 1.25. The number of hydrogen-bond acceptors (Lipinski definition) is 2. The number of carbonyl (C=O) groups excluding carboxylic acids is 1. The van der Waals surface area contributed by atoms with E-state index in [-0.39, 0.29) is 11.5 Å². The zero-order chi connectivity index (χ0) is 11.3. The Morgan fingerprint density at radius 3 is 2.87 bits per heavy atom. The molecule has 0 bridgehead atoms. The van der Waals surface area contributed by atoms with Crippen molar-refractivity contribution in [1.82, 2.24) is 0 Å². The number of nitrogen functional groups attached to an aromatic ring is 1. The molecule has 0 radical (unpaired) electrons. The molecule has 0 atom stereocenters. The summed E-state index contributed by atoms with van der Waals surface area (Å²) in [4.78, 5) is 11.5.